The number of carboxylic acids is 1. The van der Waals surface area contributed by atoms with Crippen LogP contribution in [0.1, 0.15) is 32.3 Å². The molecule has 1 amide bonds. The molecule has 2 unspecified atom stereocenters. The number of ketones is 2. The van der Waals surface area contributed by atoms with Crippen molar-refractivity contribution in [2.45, 2.75) is 6.04 Å². The molecule has 1 saturated heterocycles. The zero-order chi connectivity index (χ0) is 21.3. The molecular weight excluding hydrogens is 382 g/mol. The molecule has 1 aliphatic heterocycles. The molecule has 2 atom stereocenters. The summed E-state index contributed by atoms with van der Waals surface area (Å²) in [6.45, 7) is 0. The fourth-order valence-corrected chi connectivity index (χ4v) is 3.75. The van der Waals surface area contributed by atoms with Crippen LogP contribution in [0.3, 0.4) is 0 Å². The summed E-state index contributed by atoms with van der Waals surface area (Å²) in [4.78, 5) is 51.6. The van der Waals surface area contributed by atoms with Crippen LogP contribution in [0.4, 0.5) is 5.69 Å². The first-order valence-corrected chi connectivity index (χ1v) is 9.34. The maximum atomic E-state index is 13.2. The number of hydrogen-bond donors (Lipinski definition) is 1. The summed E-state index contributed by atoms with van der Waals surface area (Å²) < 4.78 is 0. The average Bonchev–Trinajstić information content (AvgIpc) is 3.05. The fourth-order valence-electron chi connectivity index (χ4n) is 3.75. The van der Waals surface area contributed by atoms with Gasteiger partial charge < -0.3 is 5.11 Å². The summed E-state index contributed by atoms with van der Waals surface area (Å²) in [6.07, 6.45) is 0. The maximum Gasteiger partial charge on any atom is 0.335 e. The first-order chi connectivity index (χ1) is 14.5. The van der Waals surface area contributed by atoms with Crippen molar-refractivity contribution in [3.05, 3.63) is 102 Å². The van der Waals surface area contributed by atoms with Gasteiger partial charge in [0.05, 0.1) is 11.6 Å². The monoisotopic (exact) mass is 399 g/mol. The number of hydrogen-bond acceptors (Lipinski definition) is 4. The molecule has 0 saturated carbocycles. The minimum Gasteiger partial charge on any atom is -0.478 e. The summed E-state index contributed by atoms with van der Waals surface area (Å²) in [5.74, 6) is -4.28. The highest BCUT2D eigenvalue weighted by atomic mass is 16.4. The van der Waals surface area contributed by atoms with E-state index >= 15 is 0 Å². The van der Waals surface area contributed by atoms with E-state index in [1.165, 1.54) is 29.2 Å². The fraction of sp³-hybridized carbons (Fsp3) is 0.0833. The molecule has 0 aliphatic carbocycles. The number of rotatable bonds is 5. The van der Waals surface area contributed by atoms with Crippen molar-refractivity contribution in [1.82, 2.24) is 0 Å². The van der Waals surface area contributed by atoms with Crippen molar-refractivity contribution < 1.29 is 24.3 Å². The Hall–Kier alpha value is -4.06. The molecule has 0 spiro atoms. The third-order valence-electron chi connectivity index (χ3n) is 5.18. The van der Waals surface area contributed by atoms with Gasteiger partial charge in [0, 0.05) is 11.3 Å². The number of benzene rings is 3. The predicted molar refractivity (Wildman–Crippen MR) is 109 cm³/mol. The van der Waals surface area contributed by atoms with Crippen LogP contribution in [0.2, 0.25) is 0 Å². The van der Waals surface area contributed by atoms with Gasteiger partial charge >= 0.3 is 5.97 Å². The van der Waals surface area contributed by atoms with Crippen LogP contribution in [-0.4, -0.2) is 28.5 Å². The summed E-state index contributed by atoms with van der Waals surface area (Å²) in [7, 11) is 0. The minimum atomic E-state index is -1.19. The number of carboxylic acid groups (broad SMARTS) is 1. The lowest BCUT2D eigenvalue weighted by atomic mass is 9.86. The lowest BCUT2D eigenvalue weighted by Crippen LogP contribution is -2.30. The van der Waals surface area contributed by atoms with Crippen molar-refractivity contribution in [3.8, 4) is 0 Å². The zero-order valence-corrected chi connectivity index (χ0v) is 15.8. The van der Waals surface area contributed by atoms with Gasteiger partial charge in [-0.3, -0.25) is 19.3 Å². The minimum absolute atomic E-state index is 0.0601. The second kappa shape index (κ2) is 7.75. The van der Waals surface area contributed by atoms with Gasteiger partial charge in [-0.05, 0) is 29.8 Å². The third kappa shape index (κ3) is 3.28. The molecule has 3 aromatic rings. The summed E-state index contributed by atoms with van der Waals surface area (Å²) in [6, 6.07) is 22.1. The van der Waals surface area contributed by atoms with Crippen LogP contribution in [-0.2, 0) is 9.59 Å². The highest BCUT2D eigenvalue weighted by Crippen LogP contribution is 2.41. The standard InChI is InChI=1S/C24H17NO5/c26-21(16-9-5-2-6-10-16)19-20(15-7-3-1-4-8-15)25(23(28)22(19)27)18-13-11-17(12-14-18)24(29)30/h1-14,19-20H,(H,29,30). The van der Waals surface area contributed by atoms with Gasteiger partial charge in [0.2, 0.25) is 5.78 Å². The van der Waals surface area contributed by atoms with E-state index in [2.05, 4.69) is 0 Å². The maximum absolute atomic E-state index is 13.2. The summed E-state index contributed by atoms with van der Waals surface area (Å²) in [5, 5.41) is 9.13. The highest BCUT2D eigenvalue weighted by Gasteiger charge is 2.52. The first-order valence-electron chi connectivity index (χ1n) is 9.34. The Labute approximate surface area is 172 Å². The lowest BCUT2D eigenvalue weighted by molar-refractivity contribution is -0.135. The molecule has 0 radical (unpaired) electrons. The van der Waals surface area contributed by atoms with Crippen molar-refractivity contribution >= 4 is 29.1 Å². The van der Waals surface area contributed by atoms with Crippen LogP contribution in [0.15, 0.2) is 84.9 Å². The smallest absolute Gasteiger partial charge is 0.335 e. The van der Waals surface area contributed by atoms with E-state index in [-0.39, 0.29) is 5.56 Å². The molecule has 148 valence electrons. The number of anilines is 1. The van der Waals surface area contributed by atoms with Crippen molar-refractivity contribution in [1.29, 1.82) is 0 Å². The van der Waals surface area contributed by atoms with Gasteiger partial charge in [0.15, 0.2) is 5.78 Å². The van der Waals surface area contributed by atoms with Gasteiger partial charge in [0.25, 0.3) is 5.91 Å². The number of amides is 1. The van der Waals surface area contributed by atoms with Gasteiger partial charge in [0.1, 0.15) is 5.92 Å². The quantitative estimate of drug-likeness (QED) is 0.403. The first kappa shape index (κ1) is 19.3. The van der Waals surface area contributed by atoms with Crippen molar-refractivity contribution in [3.63, 3.8) is 0 Å². The molecule has 3 aromatic carbocycles. The summed E-state index contributed by atoms with van der Waals surface area (Å²) in [5.41, 5.74) is 1.42. The molecule has 1 heterocycles. The Balaban J connectivity index is 1.83. The largest absolute Gasteiger partial charge is 0.478 e. The Morgan fingerprint density at radius 3 is 1.87 bits per heavy atom. The zero-order valence-electron chi connectivity index (χ0n) is 15.8. The van der Waals surface area contributed by atoms with E-state index in [9.17, 15) is 19.2 Å². The normalized spacial score (nSPS) is 18.5. The van der Waals surface area contributed by atoms with Crippen LogP contribution >= 0.6 is 0 Å². The van der Waals surface area contributed by atoms with Gasteiger partial charge in [-0.1, -0.05) is 60.7 Å². The molecule has 0 aromatic heterocycles. The van der Waals surface area contributed by atoms with Crippen LogP contribution in [0.25, 0.3) is 0 Å². The second-order valence-corrected chi connectivity index (χ2v) is 6.95. The Bertz CT molecular complexity index is 1120. The number of Topliss-reactive ketones (excluding diaryl/α,β-unsaturated/α-hetero) is 2. The van der Waals surface area contributed by atoms with E-state index in [0.29, 0.717) is 16.8 Å². The number of nitrogens with zero attached hydrogens (tertiary/aromatic N) is 1. The molecular formula is C24H17NO5. The van der Waals surface area contributed by atoms with Crippen molar-refractivity contribution in [2.24, 2.45) is 5.92 Å². The van der Waals surface area contributed by atoms with Crippen molar-refractivity contribution in [2.75, 3.05) is 4.90 Å². The van der Waals surface area contributed by atoms with Crippen LogP contribution < -0.4 is 4.90 Å². The van der Waals surface area contributed by atoms with Gasteiger partial charge in [-0.15, -0.1) is 0 Å². The van der Waals surface area contributed by atoms with Gasteiger partial charge in [-0.25, -0.2) is 4.79 Å². The molecule has 1 N–H and O–H groups in total. The number of carbonyl (C=O) groups is 4. The third-order valence-corrected chi connectivity index (χ3v) is 5.18. The van der Waals surface area contributed by atoms with Crippen LogP contribution in [0, 0.1) is 5.92 Å². The molecule has 4 rings (SSSR count). The summed E-state index contributed by atoms with van der Waals surface area (Å²) >= 11 is 0. The lowest BCUT2D eigenvalue weighted by Gasteiger charge is -2.27. The number of aromatic carboxylic acids is 1. The Morgan fingerprint density at radius 1 is 0.733 bits per heavy atom. The Kier molecular flexibility index (Phi) is 4.98. The molecule has 1 aliphatic rings. The molecule has 30 heavy (non-hydrogen) atoms. The van der Waals surface area contributed by atoms with E-state index < -0.39 is 35.4 Å². The van der Waals surface area contributed by atoms with E-state index in [1.54, 1.807) is 54.6 Å². The van der Waals surface area contributed by atoms with E-state index in [4.69, 9.17) is 5.11 Å². The molecule has 1 fully saturated rings. The SMILES string of the molecule is O=C(O)c1ccc(N2C(=O)C(=O)C(C(=O)c3ccccc3)C2c2ccccc2)cc1. The highest BCUT2D eigenvalue weighted by molar-refractivity contribution is 6.49. The average molecular weight is 399 g/mol. The second-order valence-electron chi connectivity index (χ2n) is 6.95. The topological polar surface area (TPSA) is 91.8 Å². The van der Waals surface area contributed by atoms with Gasteiger partial charge in [-0.2, -0.15) is 0 Å². The molecule has 0 bridgehead atoms. The molecule has 6 nitrogen and oxygen atoms in total. The van der Waals surface area contributed by atoms with Crippen LogP contribution in [0.5, 0.6) is 0 Å². The molecule has 6 heteroatoms. The van der Waals surface area contributed by atoms with E-state index in [1.807, 2.05) is 6.07 Å². The Morgan fingerprint density at radius 2 is 1.30 bits per heavy atom. The van der Waals surface area contributed by atoms with E-state index in [0.717, 1.165) is 0 Å². The predicted octanol–water partition coefficient (Wildman–Crippen LogP) is 3.54. The number of carbonyl (C=O) groups excluding carboxylic acids is 3.